The number of halogens is 2. The molecule has 0 atom stereocenters. The molecule has 1 aromatic heterocycles. The van der Waals surface area contributed by atoms with Crippen LogP contribution in [0.4, 0.5) is 4.39 Å². The van der Waals surface area contributed by atoms with Gasteiger partial charge in [0.05, 0.1) is 17.9 Å². The average Bonchev–Trinajstić information content (AvgIpc) is 2.28. The van der Waals surface area contributed by atoms with E-state index in [1.807, 2.05) is 0 Å². The number of benzene rings is 1. The molecule has 0 spiro atoms. The van der Waals surface area contributed by atoms with Gasteiger partial charge in [-0.2, -0.15) is 0 Å². The maximum atomic E-state index is 13.1. The molecule has 82 valence electrons. The predicted octanol–water partition coefficient (Wildman–Crippen LogP) is 2.08. The van der Waals surface area contributed by atoms with Crippen molar-refractivity contribution in [2.75, 3.05) is 0 Å². The van der Waals surface area contributed by atoms with Crippen LogP contribution in [0.15, 0.2) is 41.6 Å². The van der Waals surface area contributed by atoms with E-state index < -0.39 is 5.82 Å². The number of aromatic nitrogens is 2. The third kappa shape index (κ3) is 2.12. The second-order valence-electron chi connectivity index (χ2n) is 3.26. The van der Waals surface area contributed by atoms with Crippen LogP contribution in [0, 0.1) is 5.82 Å². The Hall–Kier alpha value is -1.68. The van der Waals surface area contributed by atoms with E-state index >= 15 is 0 Å². The topological polar surface area (TPSA) is 34.9 Å². The Kier molecular flexibility index (Phi) is 3.01. The van der Waals surface area contributed by atoms with Crippen molar-refractivity contribution in [2.45, 2.75) is 6.54 Å². The van der Waals surface area contributed by atoms with Crippen LogP contribution in [0.5, 0.6) is 0 Å². The summed E-state index contributed by atoms with van der Waals surface area (Å²) in [7, 11) is 0. The fraction of sp³-hybridized carbons (Fsp3) is 0.0909. The number of hydrogen-bond acceptors (Lipinski definition) is 2. The second kappa shape index (κ2) is 4.45. The molecule has 1 aromatic carbocycles. The van der Waals surface area contributed by atoms with Gasteiger partial charge in [0, 0.05) is 12.3 Å². The summed E-state index contributed by atoms with van der Waals surface area (Å²) < 4.78 is 14.5. The largest absolute Gasteiger partial charge is 0.295 e. The highest BCUT2D eigenvalue weighted by atomic mass is 35.5. The van der Waals surface area contributed by atoms with Crippen molar-refractivity contribution < 1.29 is 4.39 Å². The second-order valence-corrected chi connectivity index (χ2v) is 3.64. The summed E-state index contributed by atoms with van der Waals surface area (Å²) >= 11 is 5.78. The molecular weight excluding hydrogens is 231 g/mol. The first-order valence-corrected chi connectivity index (χ1v) is 4.99. The third-order valence-corrected chi connectivity index (χ3v) is 2.59. The number of hydrogen-bond donors (Lipinski definition) is 0. The molecule has 3 nitrogen and oxygen atoms in total. The number of nitrogens with zero attached hydrogens (tertiary/aromatic N) is 2. The minimum Gasteiger partial charge on any atom is -0.295 e. The van der Waals surface area contributed by atoms with Crippen molar-refractivity contribution in [3.63, 3.8) is 0 Å². The fourth-order valence-corrected chi connectivity index (χ4v) is 1.54. The molecule has 2 rings (SSSR count). The van der Waals surface area contributed by atoms with E-state index in [9.17, 15) is 9.18 Å². The van der Waals surface area contributed by atoms with Crippen LogP contribution in [0.25, 0.3) is 0 Å². The number of rotatable bonds is 2. The molecule has 0 N–H and O–H groups in total. The van der Waals surface area contributed by atoms with Gasteiger partial charge in [-0.05, 0) is 11.6 Å². The maximum Gasteiger partial charge on any atom is 0.253 e. The summed E-state index contributed by atoms with van der Waals surface area (Å²) in [4.78, 5) is 15.2. The molecule has 0 aliphatic rings. The van der Waals surface area contributed by atoms with Crippen molar-refractivity contribution in [2.24, 2.45) is 0 Å². The Labute approximate surface area is 96.1 Å². The average molecular weight is 239 g/mol. The zero-order valence-electron chi connectivity index (χ0n) is 8.23. The molecule has 0 unspecified atom stereocenters. The Bertz CT molecular complexity index is 568. The minimum absolute atomic E-state index is 0.0400. The van der Waals surface area contributed by atoms with Crippen molar-refractivity contribution in [3.05, 3.63) is 63.5 Å². The van der Waals surface area contributed by atoms with Gasteiger partial charge in [-0.1, -0.05) is 23.7 Å². The van der Waals surface area contributed by atoms with E-state index in [0.717, 1.165) is 0 Å². The van der Waals surface area contributed by atoms with Gasteiger partial charge in [0.1, 0.15) is 5.82 Å². The molecular formula is C11H8ClFN2O. The van der Waals surface area contributed by atoms with E-state index in [4.69, 9.17) is 11.6 Å². The van der Waals surface area contributed by atoms with E-state index in [0.29, 0.717) is 5.56 Å². The lowest BCUT2D eigenvalue weighted by molar-refractivity contribution is 0.622. The molecule has 0 aliphatic carbocycles. The molecule has 5 heteroatoms. The Balaban J connectivity index is 2.38. The molecule has 0 fully saturated rings. The SMILES string of the molecule is O=c1ccncn1Cc1cccc(F)c1Cl. The van der Waals surface area contributed by atoms with E-state index in [-0.39, 0.29) is 17.1 Å². The first kappa shape index (κ1) is 10.8. The molecule has 0 saturated heterocycles. The summed E-state index contributed by atoms with van der Waals surface area (Å²) in [6, 6.07) is 5.84. The molecule has 16 heavy (non-hydrogen) atoms. The fourth-order valence-electron chi connectivity index (χ4n) is 1.35. The van der Waals surface area contributed by atoms with Crippen molar-refractivity contribution in [1.29, 1.82) is 0 Å². The molecule has 0 radical (unpaired) electrons. The first-order valence-electron chi connectivity index (χ1n) is 4.62. The Morgan fingerprint density at radius 2 is 2.19 bits per heavy atom. The molecule has 2 aromatic rings. The van der Waals surface area contributed by atoms with Crippen LogP contribution in [-0.2, 0) is 6.54 Å². The highest BCUT2D eigenvalue weighted by Crippen LogP contribution is 2.19. The smallest absolute Gasteiger partial charge is 0.253 e. The van der Waals surface area contributed by atoms with Crippen molar-refractivity contribution >= 4 is 11.6 Å². The Morgan fingerprint density at radius 3 is 2.94 bits per heavy atom. The summed E-state index contributed by atoms with van der Waals surface area (Å²) in [5.74, 6) is -0.490. The van der Waals surface area contributed by atoms with Gasteiger partial charge in [0.2, 0.25) is 0 Å². The minimum atomic E-state index is -0.490. The van der Waals surface area contributed by atoms with Gasteiger partial charge >= 0.3 is 0 Å². The summed E-state index contributed by atoms with van der Waals surface area (Å²) in [6.07, 6.45) is 2.80. The van der Waals surface area contributed by atoms with Gasteiger partial charge in [0.15, 0.2) is 0 Å². The third-order valence-electron chi connectivity index (χ3n) is 2.16. The lowest BCUT2D eigenvalue weighted by Gasteiger charge is -2.06. The normalized spacial score (nSPS) is 10.4. The van der Waals surface area contributed by atoms with Crippen molar-refractivity contribution in [1.82, 2.24) is 9.55 Å². The van der Waals surface area contributed by atoms with Crippen LogP contribution in [0.1, 0.15) is 5.56 Å². The molecule has 0 bridgehead atoms. The van der Waals surface area contributed by atoms with Gasteiger partial charge in [-0.25, -0.2) is 9.37 Å². The molecule has 0 amide bonds. The van der Waals surface area contributed by atoms with Gasteiger partial charge in [0.25, 0.3) is 5.56 Å². The van der Waals surface area contributed by atoms with Crippen LogP contribution in [0.2, 0.25) is 5.02 Å². The van der Waals surface area contributed by atoms with Gasteiger partial charge in [-0.15, -0.1) is 0 Å². The lowest BCUT2D eigenvalue weighted by Crippen LogP contribution is -2.19. The van der Waals surface area contributed by atoms with Gasteiger partial charge < -0.3 is 0 Å². The molecule has 1 heterocycles. The van der Waals surface area contributed by atoms with E-state index in [1.54, 1.807) is 12.1 Å². The standard InChI is InChI=1S/C11H8ClFN2O/c12-11-8(2-1-3-9(11)13)6-15-7-14-5-4-10(15)16/h1-5,7H,6H2. The summed E-state index contributed by atoms with van der Waals surface area (Å²) in [5, 5.41) is 0.0400. The van der Waals surface area contributed by atoms with Crippen LogP contribution < -0.4 is 5.56 Å². The zero-order chi connectivity index (χ0) is 11.5. The van der Waals surface area contributed by atoms with E-state index in [2.05, 4.69) is 4.98 Å². The zero-order valence-corrected chi connectivity index (χ0v) is 8.99. The Morgan fingerprint density at radius 1 is 1.38 bits per heavy atom. The predicted molar refractivity (Wildman–Crippen MR) is 59.0 cm³/mol. The molecule has 0 saturated carbocycles. The first-order chi connectivity index (χ1) is 7.68. The maximum absolute atomic E-state index is 13.1. The van der Waals surface area contributed by atoms with Crippen molar-refractivity contribution in [3.8, 4) is 0 Å². The summed E-state index contributed by atoms with van der Waals surface area (Å²) in [5.41, 5.74) is 0.354. The highest BCUT2D eigenvalue weighted by Gasteiger charge is 2.06. The quantitative estimate of drug-likeness (QED) is 0.803. The molecule has 0 aliphatic heterocycles. The lowest BCUT2D eigenvalue weighted by atomic mass is 10.2. The van der Waals surface area contributed by atoms with Gasteiger partial charge in [-0.3, -0.25) is 9.36 Å². The van der Waals surface area contributed by atoms with Crippen LogP contribution >= 0.6 is 11.6 Å². The van der Waals surface area contributed by atoms with Crippen LogP contribution in [0.3, 0.4) is 0 Å². The summed E-state index contributed by atoms with van der Waals surface area (Å²) in [6.45, 7) is 0.212. The highest BCUT2D eigenvalue weighted by molar-refractivity contribution is 6.31. The van der Waals surface area contributed by atoms with Crippen LogP contribution in [-0.4, -0.2) is 9.55 Å². The van der Waals surface area contributed by atoms with E-state index in [1.165, 1.54) is 29.2 Å². The monoisotopic (exact) mass is 238 g/mol.